The van der Waals surface area contributed by atoms with Crippen molar-refractivity contribution in [2.45, 2.75) is 6.42 Å². The minimum Gasteiger partial charge on any atom is -0.312 e. The van der Waals surface area contributed by atoms with Crippen molar-refractivity contribution in [1.82, 2.24) is 9.78 Å². The Morgan fingerprint density at radius 2 is 2.19 bits per heavy atom. The molecule has 1 saturated heterocycles. The van der Waals surface area contributed by atoms with Crippen molar-refractivity contribution >= 4 is 42.2 Å². The summed E-state index contributed by atoms with van der Waals surface area (Å²) in [6, 6.07) is 5.56. The number of carbonyl (C=O) groups is 1. The van der Waals surface area contributed by atoms with E-state index in [0.29, 0.717) is 6.54 Å². The molecule has 1 atom stereocenters. The average Bonchev–Trinajstić information content (AvgIpc) is 2.88. The molecule has 0 saturated carbocycles. The van der Waals surface area contributed by atoms with Gasteiger partial charge < -0.3 is 4.90 Å². The van der Waals surface area contributed by atoms with E-state index < -0.39 is 9.05 Å². The van der Waals surface area contributed by atoms with Crippen molar-refractivity contribution in [3.05, 3.63) is 24.4 Å². The first-order valence-electron chi connectivity index (χ1n) is 6.48. The van der Waals surface area contributed by atoms with Gasteiger partial charge in [0.25, 0.3) is 0 Å². The summed E-state index contributed by atoms with van der Waals surface area (Å²) in [7, 11) is 3.51. The van der Waals surface area contributed by atoms with Gasteiger partial charge in [0.1, 0.15) is 0 Å². The summed E-state index contributed by atoms with van der Waals surface area (Å²) in [6.45, 7) is 0.372. The van der Waals surface area contributed by atoms with Crippen molar-refractivity contribution in [2.75, 3.05) is 17.2 Å². The summed E-state index contributed by atoms with van der Waals surface area (Å²) in [5.41, 5.74) is 1.61. The molecule has 1 amide bonds. The maximum Gasteiger partial charge on any atom is 0.232 e. The van der Waals surface area contributed by atoms with Gasteiger partial charge in [0.2, 0.25) is 15.0 Å². The molecule has 0 spiro atoms. The SMILES string of the molecule is Cn1cc2cc(N3CC(CS(=O)(=O)Cl)CC3=O)ccc2n1. The maximum atomic E-state index is 12.1. The van der Waals surface area contributed by atoms with E-state index in [1.165, 1.54) is 0 Å². The van der Waals surface area contributed by atoms with Crippen LogP contribution in [0.1, 0.15) is 6.42 Å². The van der Waals surface area contributed by atoms with Gasteiger partial charge in [-0.2, -0.15) is 5.10 Å². The molecule has 1 aliphatic heterocycles. The van der Waals surface area contributed by atoms with Gasteiger partial charge in [-0.25, -0.2) is 8.42 Å². The Bertz CT molecular complexity index is 815. The fraction of sp³-hybridized carbons (Fsp3) is 0.385. The Labute approximate surface area is 126 Å². The molecule has 0 N–H and O–H groups in total. The fourth-order valence-corrected chi connectivity index (χ4v) is 4.05. The molecule has 0 aliphatic carbocycles. The lowest BCUT2D eigenvalue weighted by Gasteiger charge is -2.16. The van der Waals surface area contributed by atoms with Gasteiger partial charge in [0.15, 0.2) is 0 Å². The Hall–Kier alpha value is -1.60. The highest BCUT2D eigenvalue weighted by molar-refractivity contribution is 8.13. The topological polar surface area (TPSA) is 72.3 Å². The Morgan fingerprint density at radius 1 is 1.43 bits per heavy atom. The number of benzene rings is 1. The number of aryl methyl sites for hydroxylation is 1. The van der Waals surface area contributed by atoms with Crippen LogP contribution in [0.15, 0.2) is 24.4 Å². The van der Waals surface area contributed by atoms with E-state index in [9.17, 15) is 13.2 Å². The number of nitrogens with zero attached hydrogens (tertiary/aromatic N) is 3. The number of fused-ring (bicyclic) bond motifs is 1. The molecule has 1 aliphatic rings. The van der Waals surface area contributed by atoms with Crippen LogP contribution in [0.2, 0.25) is 0 Å². The molecule has 1 fully saturated rings. The van der Waals surface area contributed by atoms with E-state index in [1.54, 1.807) is 9.58 Å². The smallest absolute Gasteiger partial charge is 0.232 e. The number of aromatic nitrogens is 2. The number of halogens is 1. The molecule has 112 valence electrons. The lowest BCUT2D eigenvalue weighted by molar-refractivity contribution is -0.117. The molecule has 1 unspecified atom stereocenters. The third kappa shape index (κ3) is 3.03. The highest BCUT2D eigenvalue weighted by Gasteiger charge is 2.33. The van der Waals surface area contributed by atoms with Crippen LogP contribution in [0.4, 0.5) is 5.69 Å². The fourth-order valence-electron chi connectivity index (χ4n) is 2.73. The molecule has 0 bridgehead atoms. The van der Waals surface area contributed by atoms with Crippen LogP contribution in [-0.4, -0.2) is 36.4 Å². The van der Waals surface area contributed by atoms with Gasteiger partial charge >= 0.3 is 0 Å². The third-order valence-electron chi connectivity index (χ3n) is 3.55. The highest BCUT2D eigenvalue weighted by Crippen LogP contribution is 2.28. The molecule has 2 heterocycles. The average molecular weight is 328 g/mol. The van der Waals surface area contributed by atoms with Crippen LogP contribution in [0, 0.1) is 5.92 Å². The van der Waals surface area contributed by atoms with E-state index >= 15 is 0 Å². The van der Waals surface area contributed by atoms with E-state index in [2.05, 4.69) is 5.10 Å². The lowest BCUT2D eigenvalue weighted by Crippen LogP contribution is -2.25. The molecule has 21 heavy (non-hydrogen) atoms. The zero-order valence-corrected chi connectivity index (χ0v) is 12.9. The van der Waals surface area contributed by atoms with Gasteiger partial charge in [-0.3, -0.25) is 9.48 Å². The number of hydrogen-bond donors (Lipinski definition) is 0. The lowest BCUT2D eigenvalue weighted by atomic mass is 10.1. The second kappa shape index (κ2) is 4.99. The maximum absolute atomic E-state index is 12.1. The van der Waals surface area contributed by atoms with Crippen molar-refractivity contribution in [1.29, 1.82) is 0 Å². The van der Waals surface area contributed by atoms with Gasteiger partial charge in [0.05, 0.1) is 11.3 Å². The van der Waals surface area contributed by atoms with E-state index in [4.69, 9.17) is 10.7 Å². The zero-order chi connectivity index (χ0) is 15.2. The number of amides is 1. The Balaban J connectivity index is 1.86. The second-order valence-corrected chi connectivity index (χ2v) is 8.15. The molecule has 3 rings (SSSR count). The summed E-state index contributed by atoms with van der Waals surface area (Å²) >= 11 is 0. The van der Waals surface area contributed by atoms with Crippen LogP contribution in [0.25, 0.3) is 10.9 Å². The zero-order valence-electron chi connectivity index (χ0n) is 11.4. The first kappa shape index (κ1) is 14.3. The van der Waals surface area contributed by atoms with Crippen LogP contribution in [-0.2, 0) is 20.9 Å². The molecule has 2 aromatic rings. The number of hydrogen-bond acceptors (Lipinski definition) is 4. The van der Waals surface area contributed by atoms with Crippen molar-refractivity contribution < 1.29 is 13.2 Å². The van der Waals surface area contributed by atoms with E-state index in [-0.39, 0.29) is 24.0 Å². The first-order valence-corrected chi connectivity index (χ1v) is 8.96. The van der Waals surface area contributed by atoms with Crippen molar-refractivity contribution in [2.24, 2.45) is 13.0 Å². The summed E-state index contributed by atoms with van der Waals surface area (Å²) in [4.78, 5) is 13.7. The van der Waals surface area contributed by atoms with E-state index in [0.717, 1.165) is 16.6 Å². The van der Waals surface area contributed by atoms with Crippen LogP contribution in [0.3, 0.4) is 0 Å². The van der Waals surface area contributed by atoms with Crippen molar-refractivity contribution in [3.63, 3.8) is 0 Å². The number of anilines is 1. The molecular formula is C13H14ClN3O3S. The molecule has 6 nitrogen and oxygen atoms in total. The Kier molecular flexibility index (Phi) is 3.41. The van der Waals surface area contributed by atoms with E-state index in [1.807, 2.05) is 31.4 Å². The predicted octanol–water partition coefficient (Wildman–Crippen LogP) is 1.49. The summed E-state index contributed by atoms with van der Waals surface area (Å²) in [5.74, 6) is -0.514. The summed E-state index contributed by atoms with van der Waals surface area (Å²) in [5, 5.41) is 5.22. The summed E-state index contributed by atoms with van der Waals surface area (Å²) in [6.07, 6.45) is 2.08. The minimum atomic E-state index is -3.59. The normalized spacial score (nSPS) is 19.6. The van der Waals surface area contributed by atoms with Crippen LogP contribution >= 0.6 is 10.7 Å². The van der Waals surface area contributed by atoms with Crippen molar-refractivity contribution in [3.8, 4) is 0 Å². The largest absolute Gasteiger partial charge is 0.312 e. The Morgan fingerprint density at radius 3 is 2.90 bits per heavy atom. The highest BCUT2D eigenvalue weighted by atomic mass is 35.7. The predicted molar refractivity (Wildman–Crippen MR) is 80.8 cm³/mol. The van der Waals surface area contributed by atoms with Gasteiger partial charge in [-0.1, -0.05) is 0 Å². The number of carbonyl (C=O) groups excluding carboxylic acids is 1. The van der Waals surface area contributed by atoms with Gasteiger partial charge in [0, 0.05) is 53.9 Å². The standard InChI is InChI=1S/C13H14ClN3O3S/c1-16-7-10-5-11(2-3-12(10)15-16)17-6-9(4-13(17)18)8-21(14,19)20/h2-3,5,7,9H,4,6,8H2,1H3. The summed E-state index contributed by atoms with van der Waals surface area (Å²) < 4.78 is 24.0. The molecule has 0 radical (unpaired) electrons. The van der Waals surface area contributed by atoms with Crippen LogP contribution in [0.5, 0.6) is 0 Å². The quantitative estimate of drug-likeness (QED) is 0.801. The first-order chi connectivity index (χ1) is 9.82. The monoisotopic (exact) mass is 327 g/mol. The molecule has 8 heteroatoms. The van der Waals surface area contributed by atoms with Gasteiger partial charge in [-0.15, -0.1) is 0 Å². The second-order valence-electron chi connectivity index (χ2n) is 5.33. The molecule has 1 aromatic heterocycles. The van der Waals surface area contributed by atoms with Crippen LogP contribution < -0.4 is 4.90 Å². The van der Waals surface area contributed by atoms with Gasteiger partial charge in [-0.05, 0) is 18.2 Å². The molecular weight excluding hydrogens is 314 g/mol. The minimum absolute atomic E-state index is 0.0800. The number of rotatable bonds is 3. The molecule has 1 aromatic carbocycles. The third-order valence-corrected chi connectivity index (χ3v) is 4.80.